The number of benzene rings is 1. The van der Waals surface area contributed by atoms with E-state index in [0.29, 0.717) is 10.7 Å². The van der Waals surface area contributed by atoms with Gasteiger partial charge in [0.05, 0.1) is 5.69 Å². The van der Waals surface area contributed by atoms with Crippen LogP contribution in [0.2, 0.25) is 0 Å². The normalized spacial score (nSPS) is 11.3. The van der Waals surface area contributed by atoms with Crippen LogP contribution in [0.3, 0.4) is 0 Å². The summed E-state index contributed by atoms with van der Waals surface area (Å²) in [5, 5.41) is 5.45. The maximum Gasteiger partial charge on any atom is 0.257 e. The van der Waals surface area contributed by atoms with Crippen LogP contribution in [0.5, 0.6) is 0 Å². The molecule has 0 unspecified atom stereocenters. The summed E-state index contributed by atoms with van der Waals surface area (Å²) >= 11 is 1.46. The minimum Gasteiger partial charge on any atom is -0.298 e. The maximum atomic E-state index is 11.9. The van der Waals surface area contributed by atoms with Crippen molar-refractivity contribution in [3.63, 3.8) is 0 Å². The van der Waals surface area contributed by atoms with Crippen LogP contribution in [0, 0.1) is 0 Å². The summed E-state index contributed by atoms with van der Waals surface area (Å²) < 4.78 is 0. The molecule has 0 aliphatic rings. The second-order valence-corrected chi connectivity index (χ2v) is 5.97. The molecule has 1 aromatic carbocycles. The van der Waals surface area contributed by atoms with Crippen LogP contribution in [0.4, 0.5) is 5.13 Å². The maximum absolute atomic E-state index is 11.9. The van der Waals surface area contributed by atoms with Crippen molar-refractivity contribution in [1.82, 2.24) is 4.98 Å². The lowest BCUT2D eigenvalue weighted by atomic mass is 9.93. The third kappa shape index (κ3) is 2.96. The molecule has 3 nitrogen and oxygen atoms in total. The van der Waals surface area contributed by atoms with Crippen molar-refractivity contribution in [3.05, 3.63) is 47.0 Å². The quantitative estimate of drug-likeness (QED) is 0.894. The van der Waals surface area contributed by atoms with Crippen LogP contribution in [-0.2, 0) is 5.41 Å². The summed E-state index contributed by atoms with van der Waals surface area (Å²) in [5.74, 6) is -0.120. The molecule has 0 saturated carbocycles. The molecule has 1 heterocycles. The van der Waals surface area contributed by atoms with E-state index >= 15 is 0 Å². The lowest BCUT2D eigenvalue weighted by Crippen LogP contribution is -2.14. The molecular weight excluding hydrogens is 244 g/mol. The van der Waals surface area contributed by atoms with E-state index in [2.05, 4.69) is 31.1 Å². The Hall–Kier alpha value is -1.68. The number of aromatic nitrogens is 1. The van der Waals surface area contributed by atoms with E-state index in [1.165, 1.54) is 11.3 Å². The van der Waals surface area contributed by atoms with Gasteiger partial charge < -0.3 is 0 Å². The van der Waals surface area contributed by atoms with Gasteiger partial charge in [0.15, 0.2) is 5.13 Å². The summed E-state index contributed by atoms with van der Waals surface area (Å²) in [7, 11) is 0. The lowest BCUT2D eigenvalue weighted by Gasteiger charge is -2.14. The molecule has 2 rings (SSSR count). The van der Waals surface area contributed by atoms with Gasteiger partial charge in [0.25, 0.3) is 5.91 Å². The number of nitrogens with one attached hydrogen (secondary N) is 1. The largest absolute Gasteiger partial charge is 0.298 e. The van der Waals surface area contributed by atoms with Gasteiger partial charge in [-0.3, -0.25) is 10.1 Å². The molecule has 1 N–H and O–H groups in total. The fraction of sp³-hybridized carbons (Fsp3) is 0.286. The Morgan fingerprint density at radius 3 is 2.44 bits per heavy atom. The molecule has 0 fully saturated rings. The molecule has 18 heavy (non-hydrogen) atoms. The van der Waals surface area contributed by atoms with Gasteiger partial charge >= 0.3 is 0 Å². The number of carbonyl (C=O) groups excluding carboxylic acids is 1. The molecule has 1 amide bonds. The van der Waals surface area contributed by atoms with E-state index in [9.17, 15) is 4.79 Å². The molecular formula is C14H16N2OS. The van der Waals surface area contributed by atoms with Gasteiger partial charge in [0.2, 0.25) is 0 Å². The van der Waals surface area contributed by atoms with Gasteiger partial charge in [-0.2, -0.15) is 0 Å². The molecule has 0 bridgehead atoms. The van der Waals surface area contributed by atoms with Crippen molar-refractivity contribution in [1.29, 1.82) is 0 Å². The number of hydrogen-bond acceptors (Lipinski definition) is 3. The van der Waals surface area contributed by atoms with Crippen LogP contribution in [-0.4, -0.2) is 10.9 Å². The van der Waals surface area contributed by atoms with Crippen molar-refractivity contribution in [2.45, 2.75) is 26.2 Å². The first kappa shape index (κ1) is 12.8. The fourth-order valence-electron chi connectivity index (χ4n) is 1.43. The van der Waals surface area contributed by atoms with E-state index < -0.39 is 0 Å². The summed E-state index contributed by atoms with van der Waals surface area (Å²) in [6.07, 6.45) is 0. The number of anilines is 1. The Kier molecular flexibility index (Phi) is 3.48. The summed E-state index contributed by atoms with van der Waals surface area (Å²) in [5.41, 5.74) is 1.65. The van der Waals surface area contributed by atoms with E-state index in [1.54, 1.807) is 12.1 Å². The molecule has 2 aromatic rings. The van der Waals surface area contributed by atoms with Crippen molar-refractivity contribution in [3.8, 4) is 0 Å². The highest BCUT2D eigenvalue weighted by Crippen LogP contribution is 2.26. The first-order valence-corrected chi connectivity index (χ1v) is 6.67. The van der Waals surface area contributed by atoms with Crippen LogP contribution in [0.1, 0.15) is 36.8 Å². The Balaban J connectivity index is 2.11. The third-order valence-electron chi connectivity index (χ3n) is 2.53. The van der Waals surface area contributed by atoms with Gasteiger partial charge in [-0.15, -0.1) is 11.3 Å². The zero-order valence-electron chi connectivity index (χ0n) is 10.7. The van der Waals surface area contributed by atoms with Crippen LogP contribution in [0.15, 0.2) is 35.7 Å². The standard InChI is InChI=1S/C14H16N2OS/c1-14(2,3)11-9-18-13(15-11)16-12(17)10-7-5-4-6-8-10/h4-9H,1-3H3,(H,15,16,17). The molecule has 0 radical (unpaired) electrons. The van der Waals surface area contributed by atoms with Crippen molar-refractivity contribution in [2.75, 3.05) is 5.32 Å². The van der Waals surface area contributed by atoms with E-state index in [-0.39, 0.29) is 11.3 Å². The van der Waals surface area contributed by atoms with Gasteiger partial charge in [-0.25, -0.2) is 4.98 Å². The summed E-state index contributed by atoms with van der Waals surface area (Å²) in [6, 6.07) is 9.15. The van der Waals surface area contributed by atoms with Gasteiger partial charge in [0, 0.05) is 16.4 Å². The van der Waals surface area contributed by atoms with Crippen LogP contribution >= 0.6 is 11.3 Å². The van der Waals surface area contributed by atoms with Gasteiger partial charge in [0.1, 0.15) is 0 Å². The topological polar surface area (TPSA) is 42.0 Å². The summed E-state index contributed by atoms with van der Waals surface area (Å²) in [4.78, 5) is 16.4. The zero-order valence-corrected chi connectivity index (χ0v) is 11.5. The van der Waals surface area contributed by atoms with Crippen molar-refractivity contribution >= 4 is 22.4 Å². The monoisotopic (exact) mass is 260 g/mol. The second kappa shape index (κ2) is 4.90. The molecule has 0 aliphatic carbocycles. The Bertz CT molecular complexity index is 540. The van der Waals surface area contributed by atoms with E-state index in [1.807, 2.05) is 23.6 Å². The minimum atomic E-state index is -0.120. The van der Waals surface area contributed by atoms with Crippen molar-refractivity contribution in [2.24, 2.45) is 0 Å². The van der Waals surface area contributed by atoms with Gasteiger partial charge in [-0.1, -0.05) is 39.0 Å². The molecule has 0 aliphatic heterocycles. The van der Waals surface area contributed by atoms with Crippen LogP contribution in [0.25, 0.3) is 0 Å². The molecule has 0 atom stereocenters. The smallest absolute Gasteiger partial charge is 0.257 e. The molecule has 1 aromatic heterocycles. The highest BCUT2D eigenvalue weighted by atomic mass is 32.1. The molecule has 0 spiro atoms. The molecule has 94 valence electrons. The highest BCUT2D eigenvalue weighted by molar-refractivity contribution is 7.14. The minimum absolute atomic E-state index is 0.00618. The first-order chi connectivity index (χ1) is 8.47. The third-order valence-corrected chi connectivity index (χ3v) is 3.29. The highest BCUT2D eigenvalue weighted by Gasteiger charge is 2.18. The first-order valence-electron chi connectivity index (χ1n) is 5.79. The van der Waals surface area contributed by atoms with Crippen LogP contribution < -0.4 is 5.32 Å². The number of hydrogen-bond donors (Lipinski definition) is 1. The van der Waals surface area contributed by atoms with E-state index in [4.69, 9.17) is 0 Å². The average Bonchev–Trinajstić information content (AvgIpc) is 2.78. The Labute approximate surface area is 111 Å². The second-order valence-electron chi connectivity index (χ2n) is 5.11. The number of carbonyl (C=O) groups is 1. The van der Waals surface area contributed by atoms with E-state index in [0.717, 1.165) is 5.69 Å². The molecule has 4 heteroatoms. The molecule has 0 saturated heterocycles. The van der Waals surface area contributed by atoms with Gasteiger partial charge in [-0.05, 0) is 12.1 Å². The zero-order chi connectivity index (χ0) is 13.2. The van der Waals surface area contributed by atoms with Crippen molar-refractivity contribution < 1.29 is 4.79 Å². The summed E-state index contributed by atoms with van der Waals surface area (Å²) in [6.45, 7) is 6.31. The number of nitrogens with zero attached hydrogens (tertiary/aromatic N) is 1. The lowest BCUT2D eigenvalue weighted by molar-refractivity contribution is 0.102. The number of thiazole rings is 1. The SMILES string of the molecule is CC(C)(C)c1csc(NC(=O)c2ccccc2)n1. The number of rotatable bonds is 2. The average molecular weight is 260 g/mol. The number of amides is 1. The predicted octanol–water partition coefficient (Wildman–Crippen LogP) is 3.69. The predicted molar refractivity (Wildman–Crippen MR) is 75.2 cm³/mol. The Morgan fingerprint density at radius 1 is 1.22 bits per heavy atom. The fourth-order valence-corrected chi connectivity index (χ4v) is 2.37. The Morgan fingerprint density at radius 2 is 1.89 bits per heavy atom.